The number of hydroxylamine groups is 1. The first kappa shape index (κ1) is 23.1. The van der Waals surface area contributed by atoms with Crippen LogP contribution in [0.5, 0.6) is 11.5 Å². The molecule has 0 bridgehead atoms. The molecule has 2 aromatic rings. The number of methoxy groups -OCH3 is 2. The maximum absolute atomic E-state index is 13.9. The van der Waals surface area contributed by atoms with Crippen LogP contribution in [0.2, 0.25) is 0 Å². The molecule has 0 aliphatic carbocycles. The van der Waals surface area contributed by atoms with Crippen LogP contribution in [0.3, 0.4) is 0 Å². The molecule has 31 heavy (non-hydrogen) atoms. The number of nitrogens with one attached hydrogen (secondary N) is 2. The van der Waals surface area contributed by atoms with Gasteiger partial charge in [0.15, 0.2) is 0 Å². The van der Waals surface area contributed by atoms with Crippen molar-refractivity contribution in [3.63, 3.8) is 0 Å². The summed E-state index contributed by atoms with van der Waals surface area (Å²) in [5.74, 6) is 3.55. The van der Waals surface area contributed by atoms with Crippen LogP contribution >= 0.6 is 0 Å². The van der Waals surface area contributed by atoms with E-state index in [2.05, 4.69) is 11.2 Å². The summed E-state index contributed by atoms with van der Waals surface area (Å²) in [6.07, 6.45) is 5.58. The van der Waals surface area contributed by atoms with Crippen molar-refractivity contribution in [3.05, 3.63) is 59.7 Å². The fraction of sp³-hybridized carbons (Fsp3) is 0.364. The van der Waals surface area contributed by atoms with E-state index in [1.807, 2.05) is 17.6 Å². The summed E-state index contributed by atoms with van der Waals surface area (Å²) in [5.41, 5.74) is 3.24. The standard InChI is InChI=1S/C22H27N3O5S/c1-4-20(24-26)22(17-6-5-7-19(14-17)30-3)31(27,28)25-13-12-23-15-21(25)16-8-10-18(29-2)11-9-16/h1,5-11,14,20-24,26H,12-13,15H2,2-3H3. The van der Waals surface area contributed by atoms with Gasteiger partial charge in [-0.1, -0.05) is 30.2 Å². The van der Waals surface area contributed by atoms with E-state index >= 15 is 0 Å². The lowest BCUT2D eigenvalue weighted by Crippen LogP contribution is -2.52. The van der Waals surface area contributed by atoms with Gasteiger partial charge in [-0.05, 0) is 35.4 Å². The lowest BCUT2D eigenvalue weighted by atomic mass is 10.1. The van der Waals surface area contributed by atoms with Gasteiger partial charge in [0.25, 0.3) is 0 Å². The predicted octanol–water partition coefficient (Wildman–Crippen LogP) is 1.70. The smallest absolute Gasteiger partial charge is 0.224 e. The molecule has 1 saturated heterocycles. The van der Waals surface area contributed by atoms with E-state index in [0.717, 1.165) is 5.56 Å². The highest BCUT2D eigenvalue weighted by Crippen LogP contribution is 2.36. The molecule has 3 rings (SSSR count). The van der Waals surface area contributed by atoms with Crippen LogP contribution in [0.25, 0.3) is 0 Å². The highest BCUT2D eigenvalue weighted by atomic mass is 32.2. The van der Waals surface area contributed by atoms with Crippen LogP contribution in [-0.2, 0) is 10.0 Å². The van der Waals surface area contributed by atoms with Gasteiger partial charge in [0, 0.05) is 19.6 Å². The van der Waals surface area contributed by atoms with Gasteiger partial charge < -0.3 is 20.0 Å². The van der Waals surface area contributed by atoms with Crippen molar-refractivity contribution >= 4 is 10.0 Å². The number of benzene rings is 2. The molecule has 9 heteroatoms. The number of hydrogen-bond donors (Lipinski definition) is 3. The molecule has 1 heterocycles. The Morgan fingerprint density at radius 1 is 1.19 bits per heavy atom. The van der Waals surface area contributed by atoms with E-state index in [1.165, 1.54) is 11.4 Å². The van der Waals surface area contributed by atoms with Crippen LogP contribution in [-0.4, -0.2) is 57.8 Å². The largest absolute Gasteiger partial charge is 0.497 e. The van der Waals surface area contributed by atoms with Gasteiger partial charge in [0.1, 0.15) is 22.8 Å². The first-order chi connectivity index (χ1) is 15.0. The highest BCUT2D eigenvalue weighted by molar-refractivity contribution is 7.89. The quantitative estimate of drug-likeness (QED) is 0.420. The fourth-order valence-corrected chi connectivity index (χ4v) is 5.96. The minimum absolute atomic E-state index is 0.266. The lowest BCUT2D eigenvalue weighted by molar-refractivity contribution is 0.142. The van der Waals surface area contributed by atoms with Crippen molar-refractivity contribution in [2.75, 3.05) is 33.9 Å². The maximum atomic E-state index is 13.9. The van der Waals surface area contributed by atoms with Crippen molar-refractivity contribution in [3.8, 4) is 23.8 Å². The Hall–Kier alpha value is -2.61. The molecule has 0 aromatic heterocycles. The fourth-order valence-electron chi connectivity index (χ4n) is 3.79. The van der Waals surface area contributed by atoms with Crippen LogP contribution in [0.4, 0.5) is 0 Å². The Kier molecular flexibility index (Phi) is 7.54. The normalized spacial score (nSPS) is 19.2. The summed E-state index contributed by atoms with van der Waals surface area (Å²) in [6.45, 7) is 1.22. The van der Waals surface area contributed by atoms with E-state index < -0.39 is 27.4 Å². The van der Waals surface area contributed by atoms with Crippen LogP contribution in [0.1, 0.15) is 22.4 Å². The SMILES string of the molecule is C#CC(NO)C(c1cccc(OC)c1)S(=O)(=O)N1CCNCC1c1ccc(OC)cc1. The summed E-state index contributed by atoms with van der Waals surface area (Å²) < 4.78 is 39.8. The molecule has 2 aromatic carbocycles. The third kappa shape index (κ3) is 4.84. The summed E-state index contributed by atoms with van der Waals surface area (Å²) in [7, 11) is -0.918. The molecule has 3 unspecified atom stereocenters. The summed E-state index contributed by atoms with van der Waals surface area (Å²) >= 11 is 0. The topological polar surface area (TPSA) is 100 Å². The third-order valence-corrected chi connectivity index (χ3v) is 7.66. The molecular weight excluding hydrogens is 418 g/mol. The number of sulfonamides is 1. The van der Waals surface area contributed by atoms with Gasteiger partial charge in [-0.25, -0.2) is 8.42 Å². The second-order valence-corrected chi connectivity index (χ2v) is 9.13. The van der Waals surface area contributed by atoms with Crippen molar-refractivity contribution in [2.45, 2.75) is 17.3 Å². The van der Waals surface area contributed by atoms with Crippen molar-refractivity contribution in [2.24, 2.45) is 0 Å². The first-order valence-electron chi connectivity index (χ1n) is 9.81. The van der Waals surface area contributed by atoms with Crippen LogP contribution in [0, 0.1) is 12.3 Å². The molecule has 0 spiro atoms. The van der Waals surface area contributed by atoms with Gasteiger partial charge in [-0.2, -0.15) is 9.79 Å². The van der Waals surface area contributed by atoms with E-state index in [0.29, 0.717) is 30.2 Å². The molecule has 1 aliphatic heterocycles. The molecule has 3 N–H and O–H groups in total. The number of nitrogens with zero attached hydrogens (tertiary/aromatic N) is 1. The van der Waals surface area contributed by atoms with E-state index in [9.17, 15) is 13.6 Å². The summed E-state index contributed by atoms with van der Waals surface area (Å²) in [4.78, 5) is 0. The molecule has 1 fully saturated rings. The van der Waals surface area contributed by atoms with E-state index in [1.54, 1.807) is 43.5 Å². The first-order valence-corrected chi connectivity index (χ1v) is 11.3. The Morgan fingerprint density at radius 2 is 1.90 bits per heavy atom. The zero-order valence-electron chi connectivity index (χ0n) is 17.5. The van der Waals surface area contributed by atoms with E-state index in [-0.39, 0.29) is 6.54 Å². The Balaban J connectivity index is 2.06. The minimum atomic E-state index is -4.00. The molecule has 166 valence electrons. The van der Waals surface area contributed by atoms with Crippen LogP contribution in [0.15, 0.2) is 48.5 Å². The number of terminal acetylenes is 1. The second kappa shape index (κ2) is 10.1. The molecule has 0 saturated carbocycles. The molecule has 3 atom stereocenters. The molecule has 0 amide bonds. The van der Waals surface area contributed by atoms with Gasteiger partial charge in [0.05, 0.1) is 20.3 Å². The van der Waals surface area contributed by atoms with Gasteiger partial charge >= 0.3 is 0 Å². The van der Waals surface area contributed by atoms with Gasteiger partial charge in [-0.3, -0.25) is 0 Å². The molecule has 8 nitrogen and oxygen atoms in total. The van der Waals surface area contributed by atoms with Crippen molar-refractivity contribution < 1.29 is 23.1 Å². The number of hydrogen-bond acceptors (Lipinski definition) is 7. The Labute approximate surface area is 183 Å². The number of piperazine rings is 1. The third-order valence-electron chi connectivity index (χ3n) is 5.39. The number of ether oxygens (including phenoxy) is 2. The van der Waals surface area contributed by atoms with Crippen molar-refractivity contribution in [1.82, 2.24) is 15.1 Å². The average molecular weight is 446 g/mol. The molecule has 1 aliphatic rings. The zero-order valence-corrected chi connectivity index (χ0v) is 18.3. The second-order valence-electron chi connectivity index (χ2n) is 7.12. The maximum Gasteiger partial charge on any atom is 0.224 e. The number of rotatable bonds is 8. The Morgan fingerprint density at radius 3 is 2.52 bits per heavy atom. The molecular formula is C22H27N3O5S. The summed E-state index contributed by atoms with van der Waals surface area (Å²) in [6, 6.07) is 12.4. The van der Waals surface area contributed by atoms with Gasteiger partial charge in [0.2, 0.25) is 10.0 Å². The minimum Gasteiger partial charge on any atom is -0.497 e. The summed E-state index contributed by atoms with van der Waals surface area (Å²) in [5, 5.41) is 11.7. The van der Waals surface area contributed by atoms with Gasteiger partial charge in [-0.15, -0.1) is 6.42 Å². The highest BCUT2D eigenvalue weighted by Gasteiger charge is 2.43. The zero-order chi connectivity index (χ0) is 22.4. The Bertz CT molecular complexity index is 1020. The van der Waals surface area contributed by atoms with Crippen molar-refractivity contribution in [1.29, 1.82) is 0 Å². The lowest BCUT2D eigenvalue weighted by Gasteiger charge is -2.38. The average Bonchev–Trinajstić information content (AvgIpc) is 2.82. The molecule has 0 radical (unpaired) electrons. The predicted molar refractivity (Wildman–Crippen MR) is 118 cm³/mol. The van der Waals surface area contributed by atoms with Crippen LogP contribution < -0.4 is 20.3 Å². The monoisotopic (exact) mass is 445 g/mol. The van der Waals surface area contributed by atoms with E-state index in [4.69, 9.17) is 15.9 Å².